The van der Waals surface area contributed by atoms with E-state index < -0.39 is 0 Å². The third-order valence-electron chi connectivity index (χ3n) is 3.75. The summed E-state index contributed by atoms with van der Waals surface area (Å²) >= 11 is 0. The zero-order chi connectivity index (χ0) is 13.9. The van der Waals surface area contributed by atoms with Gasteiger partial charge in [-0.15, -0.1) is 0 Å². The number of hydrogen-bond acceptors (Lipinski definition) is 3. The summed E-state index contributed by atoms with van der Waals surface area (Å²) in [6.07, 6.45) is 2.50. The lowest BCUT2D eigenvalue weighted by atomic mass is 10.0. The summed E-state index contributed by atoms with van der Waals surface area (Å²) in [7, 11) is 0. The Hall–Kier alpha value is -2.30. The van der Waals surface area contributed by atoms with E-state index in [-0.39, 0.29) is 5.91 Å². The quantitative estimate of drug-likeness (QED) is 0.893. The van der Waals surface area contributed by atoms with Crippen molar-refractivity contribution in [3.63, 3.8) is 0 Å². The van der Waals surface area contributed by atoms with Crippen LogP contribution in [0.4, 0.5) is 5.82 Å². The Labute approximate surface area is 117 Å². The average Bonchev–Trinajstić information content (AvgIpc) is 3.11. The van der Waals surface area contributed by atoms with Crippen LogP contribution in [0.1, 0.15) is 18.4 Å². The fraction of sp³-hybridized carbons (Fsp3) is 0.333. The number of nitrogens with one attached hydrogen (secondary N) is 1. The Morgan fingerprint density at radius 2 is 1.95 bits per heavy atom. The van der Waals surface area contributed by atoms with E-state index in [9.17, 15) is 4.79 Å². The van der Waals surface area contributed by atoms with Crippen molar-refractivity contribution in [2.24, 2.45) is 0 Å². The molecule has 1 fully saturated rings. The number of anilines is 1. The van der Waals surface area contributed by atoms with E-state index in [0.29, 0.717) is 12.2 Å². The lowest BCUT2D eigenvalue weighted by Crippen LogP contribution is -2.29. The topological polar surface area (TPSA) is 75.0 Å². The van der Waals surface area contributed by atoms with Gasteiger partial charge in [-0.25, -0.2) is 0 Å². The number of amides is 1. The lowest BCUT2D eigenvalue weighted by Gasteiger charge is -2.15. The first kappa shape index (κ1) is 12.7. The summed E-state index contributed by atoms with van der Waals surface area (Å²) in [5.41, 5.74) is 8.56. The van der Waals surface area contributed by atoms with Gasteiger partial charge in [0.1, 0.15) is 5.82 Å². The van der Waals surface area contributed by atoms with Gasteiger partial charge in [0, 0.05) is 18.7 Å². The van der Waals surface area contributed by atoms with Gasteiger partial charge in [-0.3, -0.25) is 9.89 Å². The van der Waals surface area contributed by atoms with Gasteiger partial charge in [0.05, 0.1) is 12.1 Å². The molecule has 20 heavy (non-hydrogen) atoms. The van der Waals surface area contributed by atoms with Crippen LogP contribution in [-0.4, -0.2) is 34.1 Å². The van der Waals surface area contributed by atoms with Gasteiger partial charge < -0.3 is 10.6 Å². The molecule has 2 aromatic rings. The van der Waals surface area contributed by atoms with Crippen molar-refractivity contribution < 1.29 is 4.79 Å². The molecule has 5 nitrogen and oxygen atoms in total. The molecule has 0 bridgehead atoms. The van der Waals surface area contributed by atoms with Crippen LogP contribution in [0.3, 0.4) is 0 Å². The SMILES string of the molecule is Nc1n[nH]c(-c2ccccc2)c1CC(=O)N1CCCC1. The van der Waals surface area contributed by atoms with Crippen LogP contribution >= 0.6 is 0 Å². The van der Waals surface area contributed by atoms with Crippen LogP contribution in [0.5, 0.6) is 0 Å². The Bertz CT molecular complexity index is 600. The number of nitrogen functional groups attached to an aromatic ring is 1. The fourth-order valence-corrected chi connectivity index (χ4v) is 2.63. The van der Waals surface area contributed by atoms with Crippen LogP contribution < -0.4 is 5.73 Å². The molecule has 0 unspecified atom stereocenters. The number of nitrogens with two attached hydrogens (primary N) is 1. The predicted octanol–water partition coefficient (Wildman–Crippen LogP) is 1.82. The molecule has 1 saturated heterocycles. The van der Waals surface area contributed by atoms with Gasteiger partial charge >= 0.3 is 0 Å². The minimum atomic E-state index is 0.132. The minimum absolute atomic E-state index is 0.132. The van der Waals surface area contributed by atoms with Crippen molar-refractivity contribution >= 4 is 11.7 Å². The average molecular weight is 270 g/mol. The molecule has 1 aromatic carbocycles. The molecule has 1 aliphatic rings. The van der Waals surface area contributed by atoms with Crippen LogP contribution in [0.25, 0.3) is 11.3 Å². The van der Waals surface area contributed by atoms with Crippen molar-refractivity contribution in [2.45, 2.75) is 19.3 Å². The monoisotopic (exact) mass is 270 g/mol. The largest absolute Gasteiger partial charge is 0.382 e. The molecule has 1 amide bonds. The summed E-state index contributed by atoms with van der Waals surface area (Å²) in [6, 6.07) is 9.84. The Kier molecular flexibility index (Phi) is 3.41. The molecular weight excluding hydrogens is 252 g/mol. The number of nitrogens with zero attached hydrogens (tertiary/aromatic N) is 2. The number of aromatic amines is 1. The number of H-pyrrole nitrogens is 1. The van der Waals surface area contributed by atoms with Crippen molar-refractivity contribution in [1.82, 2.24) is 15.1 Å². The molecule has 0 radical (unpaired) electrons. The van der Waals surface area contributed by atoms with Crippen molar-refractivity contribution in [3.8, 4) is 11.3 Å². The maximum atomic E-state index is 12.3. The molecule has 1 aromatic heterocycles. The van der Waals surface area contributed by atoms with Gasteiger partial charge in [-0.1, -0.05) is 30.3 Å². The zero-order valence-electron chi connectivity index (χ0n) is 11.3. The van der Waals surface area contributed by atoms with E-state index in [1.165, 1.54) is 0 Å². The highest BCUT2D eigenvalue weighted by molar-refractivity contribution is 5.83. The zero-order valence-corrected chi connectivity index (χ0v) is 11.3. The van der Waals surface area contributed by atoms with Gasteiger partial charge in [0.25, 0.3) is 0 Å². The molecular formula is C15H18N4O. The molecule has 2 heterocycles. The summed E-state index contributed by atoms with van der Waals surface area (Å²) < 4.78 is 0. The number of likely N-dealkylation sites (tertiary alicyclic amines) is 1. The van der Waals surface area contributed by atoms with Gasteiger partial charge in [0.2, 0.25) is 5.91 Å². The second-order valence-electron chi connectivity index (χ2n) is 5.09. The van der Waals surface area contributed by atoms with Crippen LogP contribution in [0.2, 0.25) is 0 Å². The third-order valence-corrected chi connectivity index (χ3v) is 3.75. The second-order valence-corrected chi connectivity index (χ2v) is 5.09. The Morgan fingerprint density at radius 1 is 1.25 bits per heavy atom. The van der Waals surface area contributed by atoms with Crippen molar-refractivity contribution in [2.75, 3.05) is 18.8 Å². The molecule has 5 heteroatoms. The Balaban J connectivity index is 1.86. The van der Waals surface area contributed by atoms with E-state index in [1.807, 2.05) is 35.2 Å². The number of carbonyl (C=O) groups is 1. The van der Waals surface area contributed by atoms with E-state index in [4.69, 9.17) is 5.73 Å². The van der Waals surface area contributed by atoms with Crippen molar-refractivity contribution in [1.29, 1.82) is 0 Å². The highest BCUT2D eigenvalue weighted by Gasteiger charge is 2.22. The number of carbonyl (C=O) groups excluding carboxylic acids is 1. The molecule has 3 rings (SSSR count). The summed E-state index contributed by atoms with van der Waals surface area (Å²) in [4.78, 5) is 14.2. The highest BCUT2D eigenvalue weighted by atomic mass is 16.2. The normalized spacial score (nSPS) is 14.7. The first-order valence-corrected chi connectivity index (χ1v) is 6.91. The van der Waals surface area contributed by atoms with Gasteiger partial charge in [-0.2, -0.15) is 5.10 Å². The summed E-state index contributed by atoms with van der Waals surface area (Å²) in [5.74, 6) is 0.546. The molecule has 0 atom stereocenters. The first-order valence-electron chi connectivity index (χ1n) is 6.91. The van der Waals surface area contributed by atoms with E-state index in [0.717, 1.165) is 42.8 Å². The summed E-state index contributed by atoms with van der Waals surface area (Å²) in [5, 5.41) is 7.00. The molecule has 0 spiro atoms. The molecule has 0 aliphatic carbocycles. The summed E-state index contributed by atoms with van der Waals surface area (Å²) in [6.45, 7) is 1.72. The molecule has 0 saturated carbocycles. The number of rotatable bonds is 3. The smallest absolute Gasteiger partial charge is 0.227 e. The van der Waals surface area contributed by atoms with Gasteiger partial charge in [-0.05, 0) is 18.4 Å². The second kappa shape index (κ2) is 5.36. The number of aromatic nitrogens is 2. The number of benzene rings is 1. The Morgan fingerprint density at radius 3 is 2.65 bits per heavy atom. The lowest BCUT2D eigenvalue weighted by molar-refractivity contribution is -0.129. The standard InChI is InChI=1S/C15H18N4O/c16-15-12(10-13(20)19-8-4-5-9-19)14(17-18-15)11-6-2-1-3-7-11/h1-3,6-7H,4-5,8-10H2,(H3,16,17,18). The highest BCUT2D eigenvalue weighted by Crippen LogP contribution is 2.26. The van der Waals surface area contributed by atoms with Crippen LogP contribution in [0.15, 0.2) is 30.3 Å². The van der Waals surface area contributed by atoms with E-state index in [1.54, 1.807) is 0 Å². The first-order chi connectivity index (χ1) is 9.75. The van der Waals surface area contributed by atoms with Gasteiger partial charge in [0.15, 0.2) is 0 Å². The maximum absolute atomic E-state index is 12.3. The molecule has 104 valence electrons. The number of hydrogen-bond donors (Lipinski definition) is 2. The van der Waals surface area contributed by atoms with E-state index >= 15 is 0 Å². The maximum Gasteiger partial charge on any atom is 0.227 e. The molecule has 3 N–H and O–H groups in total. The minimum Gasteiger partial charge on any atom is -0.382 e. The third kappa shape index (κ3) is 2.39. The van der Waals surface area contributed by atoms with Crippen molar-refractivity contribution in [3.05, 3.63) is 35.9 Å². The van der Waals surface area contributed by atoms with Crippen LogP contribution in [-0.2, 0) is 11.2 Å². The van der Waals surface area contributed by atoms with E-state index in [2.05, 4.69) is 10.2 Å². The molecule has 1 aliphatic heterocycles. The van der Waals surface area contributed by atoms with Crippen LogP contribution in [0, 0.1) is 0 Å². The predicted molar refractivity (Wildman–Crippen MR) is 78.0 cm³/mol. The fourth-order valence-electron chi connectivity index (χ4n) is 2.63.